The Kier molecular flexibility index (Phi) is 57.0. The fraction of sp³-hybridized carbons (Fsp3) is 0.940. The third-order valence-corrected chi connectivity index (χ3v) is 16.7. The van der Waals surface area contributed by atoms with E-state index in [1.54, 1.807) is 0 Å². The minimum Gasteiger partial charge on any atom is -0.456 e. The van der Waals surface area contributed by atoms with E-state index in [0.29, 0.717) is 23.9 Å². The van der Waals surface area contributed by atoms with E-state index >= 15 is 0 Å². The predicted molar refractivity (Wildman–Crippen MR) is 333 cm³/mol. The standard InChI is InChI=1S/C67H133N2O7P/c1-7-10-13-16-19-22-25-28-30-31-32-33-34-35-36-37-38-39-40-41-44-47-50-53-56-59-66(70)68-64(63-75-77(72,73)74-62-61-69(4,5)6)65(58-55-52-49-46-43-27-24-21-18-15-12-9-3)76-67(71)60-57-54-51-48-45-42-29-26-23-20-17-14-11-8-2/h55,58,64-65H,7-54,56-57,59-63H2,1-6H3,(H-,68,70,72,73)/p+1/b58-55-. The Hall–Kier alpha value is -1.25. The van der Waals surface area contributed by atoms with Gasteiger partial charge in [-0.2, -0.15) is 0 Å². The van der Waals surface area contributed by atoms with Gasteiger partial charge in [0.2, 0.25) is 5.91 Å². The summed E-state index contributed by atoms with van der Waals surface area (Å²) in [6, 6.07) is -0.839. The van der Waals surface area contributed by atoms with Crippen molar-refractivity contribution in [2.75, 3.05) is 40.9 Å². The van der Waals surface area contributed by atoms with Crippen molar-refractivity contribution in [3.63, 3.8) is 0 Å². The van der Waals surface area contributed by atoms with Gasteiger partial charge in [-0.3, -0.25) is 18.6 Å². The number of carbonyl (C=O) groups excluding carboxylic acids is 2. The third-order valence-electron chi connectivity index (χ3n) is 15.7. The number of phosphoric ester groups is 1. The fourth-order valence-corrected chi connectivity index (χ4v) is 11.2. The second kappa shape index (κ2) is 58.0. The lowest BCUT2D eigenvalue weighted by atomic mass is 10.0. The van der Waals surface area contributed by atoms with Crippen LogP contribution in [0.15, 0.2) is 12.2 Å². The molecular weight excluding hydrogens is 976 g/mol. The van der Waals surface area contributed by atoms with E-state index in [-0.39, 0.29) is 25.1 Å². The quantitative estimate of drug-likeness (QED) is 0.0205. The number of ether oxygens (including phenoxy) is 1. The van der Waals surface area contributed by atoms with Gasteiger partial charge < -0.3 is 19.4 Å². The zero-order valence-corrected chi connectivity index (χ0v) is 53.4. The number of quaternary nitrogens is 1. The molecule has 0 aromatic rings. The van der Waals surface area contributed by atoms with E-state index in [0.717, 1.165) is 57.8 Å². The lowest BCUT2D eigenvalue weighted by Crippen LogP contribution is -2.47. The molecule has 0 radical (unpaired) electrons. The second-order valence-corrected chi connectivity index (χ2v) is 26.2. The Morgan fingerprint density at radius 3 is 1.06 bits per heavy atom. The average molecular weight is 1110 g/mol. The maximum Gasteiger partial charge on any atom is 0.472 e. The molecule has 0 saturated carbocycles. The van der Waals surface area contributed by atoms with Gasteiger partial charge in [-0.1, -0.05) is 322 Å². The molecule has 77 heavy (non-hydrogen) atoms. The number of nitrogens with zero attached hydrogens (tertiary/aromatic N) is 1. The van der Waals surface area contributed by atoms with Crippen LogP contribution in [-0.4, -0.2) is 74.3 Å². The Balaban J connectivity index is 5.00. The molecule has 0 aromatic carbocycles. The molecule has 1 amide bonds. The lowest BCUT2D eigenvalue weighted by molar-refractivity contribution is -0.870. The Morgan fingerprint density at radius 2 is 0.740 bits per heavy atom. The van der Waals surface area contributed by atoms with E-state index < -0.39 is 20.0 Å². The van der Waals surface area contributed by atoms with Crippen molar-refractivity contribution >= 4 is 19.7 Å². The molecule has 0 saturated heterocycles. The lowest BCUT2D eigenvalue weighted by Gasteiger charge is -2.27. The largest absolute Gasteiger partial charge is 0.472 e. The molecule has 0 rings (SSSR count). The molecule has 0 aliphatic rings. The van der Waals surface area contributed by atoms with E-state index in [1.807, 2.05) is 33.3 Å². The monoisotopic (exact) mass is 1110 g/mol. The van der Waals surface area contributed by atoms with Crippen LogP contribution in [-0.2, 0) is 27.9 Å². The number of rotatable bonds is 63. The minimum atomic E-state index is -4.44. The number of unbranched alkanes of at least 4 members (excludes halogenated alkanes) is 47. The topological polar surface area (TPSA) is 111 Å². The normalized spacial score (nSPS) is 13.6. The first-order valence-electron chi connectivity index (χ1n) is 34.0. The average Bonchev–Trinajstić information content (AvgIpc) is 3.39. The van der Waals surface area contributed by atoms with Gasteiger partial charge in [0.25, 0.3) is 0 Å². The van der Waals surface area contributed by atoms with E-state index in [1.165, 1.54) is 263 Å². The van der Waals surface area contributed by atoms with Gasteiger partial charge in [-0.05, 0) is 31.8 Å². The van der Waals surface area contributed by atoms with E-state index in [4.69, 9.17) is 13.8 Å². The molecule has 0 spiro atoms. The number of hydrogen-bond donors (Lipinski definition) is 2. The summed E-state index contributed by atoms with van der Waals surface area (Å²) in [7, 11) is 1.52. The van der Waals surface area contributed by atoms with Crippen LogP contribution >= 0.6 is 7.82 Å². The van der Waals surface area contributed by atoms with Gasteiger partial charge in [0.05, 0.1) is 33.8 Å². The molecule has 10 heteroatoms. The Morgan fingerprint density at radius 1 is 0.442 bits per heavy atom. The van der Waals surface area contributed by atoms with Crippen molar-refractivity contribution in [3.05, 3.63) is 12.2 Å². The number of carbonyl (C=O) groups is 2. The van der Waals surface area contributed by atoms with E-state index in [2.05, 4.69) is 26.1 Å². The molecule has 3 unspecified atom stereocenters. The minimum absolute atomic E-state index is 0.0459. The smallest absolute Gasteiger partial charge is 0.456 e. The highest BCUT2D eigenvalue weighted by Gasteiger charge is 2.30. The third kappa shape index (κ3) is 59.2. The number of likely N-dealkylation sites (N-methyl/N-ethyl adjacent to an activating group) is 1. The van der Waals surface area contributed by atoms with Crippen molar-refractivity contribution in [2.45, 2.75) is 367 Å². The van der Waals surface area contributed by atoms with Gasteiger partial charge in [-0.15, -0.1) is 0 Å². The SMILES string of the molecule is CCCCCCCCCCCC/C=C\C(OC(=O)CCCCCCCCCCCCCCCC)C(COP(=O)(O)OCC[N+](C)(C)C)NC(=O)CCCCCCCCCCCCCCCCCCCCCCCCCCC. The van der Waals surface area contributed by atoms with Crippen LogP contribution in [0.25, 0.3) is 0 Å². The maximum atomic E-state index is 13.6. The fourth-order valence-electron chi connectivity index (χ4n) is 10.5. The summed E-state index contributed by atoms with van der Waals surface area (Å²) in [6.45, 7) is 7.08. The van der Waals surface area contributed by atoms with Gasteiger partial charge in [-0.25, -0.2) is 4.57 Å². The highest BCUT2D eigenvalue weighted by atomic mass is 31.2. The molecule has 2 N–H and O–H groups in total. The highest BCUT2D eigenvalue weighted by molar-refractivity contribution is 7.47. The number of esters is 1. The van der Waals surface area contributed by atoms with Crippen LogP contribution in [0.5, 0.6) is 0 Å². The summed E-state index contributed by atoms with van der Waals surface area (Å²) in [5.41, 5.74) is 0. The summed E-state index contributed by atoms with van der Waals surface area (Å²) >= 11 is 0. The summed E-state index contributed by atoms with van der Waals surface area (Å²) in [5, 5.41) is 3.07. The maximum absolute atomic E-state index is 13.6. The first-order valence-corrected chi connectivity index (χ1v) is 35.5. The van der Waals surface area contributed by atoms with Crippen LogP contribution in [0.3, 0.4) is 0 Å². The number of phosphoric acid groups is 1. The van der Waals surface area contributed by atoms with E-state index in [9.17, 15) is 19.0 Å². The van der Waals surface area contributed by atoms with Crippen LogP contribution in [0.1, 0.15) is 355 Å². The molecule has 0 aliphatic carbocycles. The summed E-state index contributed by atoms with van der Waals surface area (Å²) in [5.74, 6) is -0.481. The zero-order valence-electron chi connectivity index (χ0n) is 52.5. The Bertz CT molecular complexity index is 1320. The van der Waals surface area contributed by atoms with Crippen LogP contribution < -0.4 is 5.32 Å². The van der Waals surface area contributed by atoms with Crippen LogP contribution in [0, 0.1) is 0 Å². The molecule has 9 nitrogen and oxygen atoms in total. The number of allylic oxidation sites excluding steroid dienone is 1. The first-order chi connectivity index (χ1) is 37.4. The van der Waals surface area contributed by atoms with Gasteiger partial charge >= 0.3 is 13.8 Å². The van der Waals surface area contributed by atoms with Crippen molar-refractivity contribution in [2.24, 2.45) is 0 Å². The second-order valence-electron chi connectivity index (χ2n) is 24.7. The number of amides is 1. The highest BCUT2D eigenvalue weighted by Crippen LogP contribution is 2.43. The molecule has 0 aromatic heterocycles. The predicted octanol–water partition coefficient (Wildman–Crippen LogP) is 21.1. The summed E-state index contributed by atoms with van der Waals surface area (Å²) in [6.07, 6.45) is 67.9. The van der Waals surface area contributed by atoms with Crippen molar-refractivity contribution in [3.8, 4) is 0 Å². The molecule has 3 atom stereocenters. The number of hydrogen-bond acceptors (Lipinski definition) is 6. The zero-order chi connectivity index (χ0) is 56.4. The molecule has 458 valence electrons. The van der Waals surface area contributed by atoms with Crippen LogP contribution in [0.4, 0.5) is 0 Å². The van der Waals surface area contributed by atoms with Crippen molar-refractivity contribution < 1.29 is 37.3 Å². The molecular formula is C67H134N2O7P+. The molecule has 0 aliphatic heterocycles. The van der Waals surface area contributed by atoms with Crippen molar-refractivity contribution in [1.82, 2.24) is 5.32 Å². The molecule has 0 heterocycles. The Labute approximate surface area is 480 Å². The van der Waals surface area contributed by atoms with Crippen molar-refractivity contribution in [1.29, 1.82) is 0 Å². The van der Waals surface area contributed by atoms with Gasteiger partial charge in [0.1, 0.15) is 19.3 Å². The number of nitrogens with one attached hydrogen (secondary N) is 1. The van der Waals surface area contributed by atoms with Gasteiger partial charge in [0.15, 0.2) is 0 Å². The first kappa shape index (κ1) is 75.8. The summed E-state index contributed by atoms with van der Waals surface area (Å²) in [4.78, 5) is 37.8. The molecule has 0 bridgehead atoms. The molecule has 0 fully saturated rings. The summed E-state index contributed by atoms with van der Waals surface area (Å²) < 4.78 is 30.8. The van der Waals surface area contributed by atoms with Gasteiger partial charge in [0, 0.05) is 12.8 Å². The van der Waals surface area contributed by atoms with Crippen LogP contribution in [0.2, 0.25) is 0 Å².